The Labute approximate surface area is 106 Å². The Hall–Kier alpha value is -1.00. The number of nitrogens with zero attached hydrogens (tertiary/aromatic N) is 1. The first-order valence-corrected chi connectivity index (χ1v) is 5.82. The summed E-state index contributed by atoms with van der Waals surface area (Å²) in [5, 5.41) is 4.39. The molecule has 0 aliphatic carbocycles. The summed E-state index contributed by atoms with van der Waals surface area (Å²) >= 11 is 9.33. The maximum atomic E-state index is 6.00. The van der Waals surface area contributed by atoms with Gasteiger partial charge in [-0.1, -0.05) is 32.7 Å². The zero-order chi connectivity index (χ0) is 11.5. The van der Waals surface area contributed by atoms with Crippen LogP contribution in [0.1, 0.15) is 11.5 Å². The second-order valence-electron chi connectivity index (χ2n) is 3.29. The van der Waals surface area contributed by atoms with Gasteiger partial charge in [0.2, 0.25) is 0 Å². The molecule has 1 aromatic heterocycles. The van der Waals surface area contributed by atoms with Gasteiger partial charge in [0, 0.05) is 10.5 Å². The van der Waals surface area contributed by atoms with Crippen molar-refractivity contribution < 1.29 is 9.26 Å². The van der Waals surface area contributed by atoms with Gasteiger partial charge in [-0.15, -0.1) is 0 Å². The molecule has 2 rings (SSSR count). The molecule has 1 heterocycles. The van der Waals surface area contributed by atoms with Crippen molar-refractivity contribution in [3.63, 3.8) is 0 Å². The second kappa shape index (κ2) is 4.89. The largest absolute Gasteiger partial charge is 0.486 e. The van der Waals surface area contributed by atoms with Crippen molar-refractivity contribution in [1.29, 1.82) is 0 Å². The van der Waals surface area contributed by atoms with Gasteiger partial charge in [-0.05, 0) is 25.1 Å². The van der Waals surface area contributed by atoms with Crippen molar-refractivity contribution in [2.45, 2.75) is 13.5 Å². The Kier molecular flexibility index (Phi) is 3.51. The van der Waals surface area contributed by atoms with Crippen molar-refractivity contribution in [2.24, 2.45) is 0 Å². The van der Waals surface area contributed by atoms with E-state index in [0.717, 1.165) is 15.9 Å². The van der Waals surface area contributed by atoms with Gasteiger partial charge in [-0.2, -0.15) is 0 Å². The molecule has 0 unspecified atom stereocenters. The van der Waals surface area contributed by atoms with E-state index in [1.54, 1.807) is 12.1 Å². The van der Waals surface area contributed by atoms with Gasteiger partial charge in [0.05, 0.1) is 5.02 Å². The van der Waals surface area contributed by atoms with Gasteiger partial charge >= 0.3 is 0 Å². The minimum Gasteiger partial charge on any atom is -0.486 e. The molecule has 0 saturated heterocycles. The number of hydrogen-bond donors (Lipinski definition) is 0. The molecule has 0 spiro atoms. The average molecular weight is 303 g/mol. The predicted molar refractivity (Wildman–Crippen MR) is 64.7 cm³/mol. The summed E-state index contributed by atoms with van der Waals surface area (Å²) in [5.74, 6) is 1.39. The fourth-order valence-electron chi connectivity index (χ4n) is 1.23. The molecule has 5 heteroatoms. The van der Waals surface area contributed by atoms with Crippen LogP contribution >= 0.6 is 27.5 Å². The van der Waals surface area contributed by atoms with E-state index < -0.39 is 0 Å². The van der Waals surface area contributed by atoms with Gasteiger partial charge < -0.3 is 9.26 Å². The maximum absolute atomic E-state index is 6.00. The molecule has 2 aromatic rings. The molecule has 0 aliphatic rings. The van der Waals surface area contributed by atoms with Gasteiger partial charge in [-0.3, -0.25) is 0 Å². The highest BCUT2D eigenvalue weighted by atomic mass is 79.9. The van der Waals surface area contributed by atoms with Crippen LogP contribution in [0.2, 0.25) is 5.02 Å². The van der Waals surface area contributed by atoms with Crippen LogP contribution in [0.5, 0.6) is 5.75 Å². The number of halogens is 2. The smallest absolute Gasteiger partial charge is 0.138 e. The first-order valence-electron chi connectivity index (χ1n) is 4.65. The quantitative estimate of drug-likeness (QED) is 0.860. The van der Waals surface area contributed by atoms with E-state index in [1.165, 1.54) is 0 Å². The van der Waals surface area contributed by atoms with E-state index in [9.17, 15) is 0 Å². The Balaban J connectivity index is 2.04. The van der Waals surface area contributed by atoms with Crippen molar-refractivity contribution in [2.75, 3.05) is 0 Å². The molecule has 0 amide bonds. The summed E-state index contributed by atoms with van der Waals surface area (Å²) in [6.07, 6.45) is 0. The van der Waals surface area contributed by atoms with Gasteiger partial charge in [0.1, 0.15) is 23.8 Å². The Morgan fingerprint density at radius 1 is 1.44 bits per heavy atom. The molecule has 1 aromatic carbocycles. The lowest BCUT2D eigenvalue weighted by molar-refractivity contribution is 0.288. The monoisotopic (exact) mass is 301 g/mol. The molecule has 3 nitrogen and oxygen atoms in total. The minimum atomic E-state index is 0.346. The predicted octanol–water partition coefficient (Wildman–Crippen LogP) is 3.98. The Morgan fingerprint density at radius 2 is 2.25 bits per heavy atom. The fourth-order valence-corrected chi connectivity index (χ4v) is 1.96. The van der Waals surface area contributed by atoms with E-state index in [4.69, 9.17) is 20.9 Å². The molecule has 0 N–H and O–H groups in total. The Morgan fingerprint density at radius 3 is 2.88 bits per heavy atom. The van der Waals surface area contributed by atoms with Crippen LogP contribution < -0.4 is 4.74 Å². The van der Waals surface area contributed by atoms with Crippen LogP contribution in [0.25, 0.3) is 0 Å². The van der Waals surface area contributed by atoms with Crippen molar-refractivity contribution in [3.8, 4) is 5.75 Å². The van der Waals surface area contributed by atoms with Crippen molar-refractivity contribution >= 4 is 27.5 Å². The average Bonchev–Trinajstić information content (AvgIpc) is 2.63. The summed E-state index contributed by atoms with van der Waals surface area (Å²) in [6, 6.07) is 7.28. The number of aromatic nitrogens is 1. The number of hydrogen-bond acceptors (Lipinski definition) is 3. The van der Waals surface area contributed by atoms with Gasteiger partial charge in [0.15, 0.2) is 0 Å². The van der Waals surface area contributed by atoms with Crippen LogP contribution in [0, 0.1) is 6.92 Å². The zero-order valence-electron chi connectivity index (χ0n) is 8.54. The molecule has 0 fully saturated rings. The third kappa shape index (κ3) is 2.77. The SMILES string of the molecule is Cc1cc(COc2ccc(Br)cc2Cl)no1. The summed E-state index contributed by atoms with van der Waals surface area (Å²) in [6.45, 7) is 2.18. The molecule has 16 heavy (non-hydrogen) atoms. The fraction of sp³-hybridized carbons (Fsp3) is 0.182. The Bertz CT molecular complexity index is 498. The summed E-state index contributed by atoms with van der Waals surface area (Å²) in [7, 11) is 0. The van der Waals surface area contributed by atoms with E-state index in [2.05, 4.69) is 21.1 Å². The lowest BCUT2D eigenvalue weighted by Crippen LogP contribution is -1.95. The highest BCUT2D eigenvalue weighted by molar-refractivity contribution is 9.10. The topological polar surface area (TPSA) is 35.3 Å². The third-order valence-corrected chi connectivity index (χ3v) is 2.73. The second-order valence-corrected chi connectivity index (χ2v) is 4.62. The molecule has 0 bridgehead atoms. The molecular weight excluding hydrogens is 293 g/mol. The number of aryl methyl sites for hydroxylation is 1. The standard InChI is InChI=1S/C11H9BrClNO2/c1-7-4-9(14-16-7)6-15-11-3-2-8(12)5-10(11)13/h2-5H,6H2,1H3. The van der Waals surface area contributed by atoms with Crippen LogP contribution in [0.3, 0.4) is 0 Å². The van der Waals surface area contributed by atoms with Crippen molar-refractivity contribution in [3.05, 3.63) is 45.2 Å². The van der Waals surface area contributed by atoms with E-state index in [0.29, 0.717) is 17.4 Å². The van der Waals surface area contributed by atoms with E-state index >= 15 is 0 Å². The lowest BCUT2D eigenvalue weighted by atomic mass is 10.3. The van der Waals surface area contributed by atoms with Gasteiger partial charge in [-0.25, -0.2) is 0 Å². The third-order valence-electron chi connectivity index (χ3n) is 1.95. The molecule has 0 saturated carbocycles. The zero-order valence-corrected chi connectivity index (χ0v) is 10.9. The minimum absolute atomic E-state index is 0.346. The van der Waals surface area contributed by atoms with Crippen LogP contribution in [-0.4, -0.2) is 5.16 Å². The van der Waals surface area contributed by atoms with Crippen LogP contribution in [-0.2, 0) is 6.61 Å². The van der Waals surface area contributed by atoms with Crippen molar-refractivity contribution in [1.82, 2.24) is 5.16 Å². The number of ether oxygens (including phenoxy) is 1. The number of benzene rings is 1. The van der Waals surface area contributed by atoms with E-state index in [-0.39, 0.29) is 0 Å². The molecule has 0 atom stereocenters. The summed E-state index contributed by atoms with van der Waals surface area (Å²) in [4.78, 5) is 0. The highest BCUT2D eigenvalue weighted by Gasteiger charge is 2.05. The van der Waals surface area contributed by atoms with E-state index in [1.807, 2.05) is 19.1 Å². The number of rotatable bonds is 3. The maximum Gasteiger partial charge on any atom is 0.138 e. The first-order chi connectivity index (χ1) is 7.65. The first kappa shape index (κ1) is 11.5. The molecular formula is C11H9BrClNO2. The summed E-state index contributed by atoms with van der Waals surface area (Å²) in [5.41, 5.74) is 0.747. The molecule has 0 aliphatic heterocycles. The van der Waals surface area contributed by atoms with Gasteiger partial charge in [0.25, 0.3) is 0 Å². The lowest BCUT2D eigenvalue weighted by Gasteiger charge is -2.05. The summed E-state index contributed by atoms with van der Waals surface area (Å²) < 4.78 is 11.4. The highest BCUT2D eigenvalue weighted by Crippen LogP contribution is 2.28. The molecule has 0 radical (unpaired) electrons. The van der Waals surface area contributed by atoms with Crippen LogP contribution in [0.15, 0.2) is 33.3 Å². The van der Waals surface area contributed by atoms with Crippen LogP contribution in [0.4, 0.5) is 0 Å². The molecule has 84 valence electrons. The normalized spacial score (nSPS) is 10.4.